The summed E-state index contributed by atoms with van der Waals surface area (Å²) in [6.45, 7) is 4.30. The first kappa shape index (κ1) is 30.3. The Morgan fingerprint density at radius 1 is 1.14 bits per heavy atom. The van der Waals surface area contributed by atoms with E-state index in [0.29, 0.717) is 23.3 Å². The number of rotatable bonds is 8. The van der Waals surface area contributed by atoms with Crippen LogP contribution in [0.25, 0.3) is 0 Å². The third-order valence-electron chi connectivity index (χ3n) is 10.8. The normalized spacial score (nSPS) is 33.5. The predicted molar refractivity (Wildman–Crippen MR) is 151 cm³/mol. The summed E-state index contributed by atoms with van der Waals surface area (Å²) in [5.41, 5.74) is 2.42. The Morgan fingerprint density at radius 2 is 1.93 bits per heavy atom. The van der Waals surface area contributed by atoms with Crippen LogP contribution in [0.4, 0.5) is 5.69 Å². The number of oxime groups is 1. The third-order valence-corrected chi connectivity index (χ3v) is 10.8. The second kappa shape index (κ2) is 11.9. The molecule has 0 radical (unpaired) electrons. The Labute approximate surface area is 246 Å². The highest BCUT2D eigenvalue weighted by Crippen LogP contribution is 2.65. The van der Waals surface area contributed by atoms with Crippen LogP contribution in [0.2, 0.25) is 0 Å². The molecule has 4 aliphatic rings. The van der Waals surface area contributed by atoms with Gasteiger partial charge in [0, 0.05) is 6.42 Å². The monoisotopic (exact) mass is 584 g/mol. The summed E-state index contributed by atoms with van der Waals surface area (Å²) in [6.07, 6.45) is 10.1. The van der Waals surface area contributed by atoms with E-state index in [1.54, 1.807) is 0 Å². The maximum absolute atomic E-state index is 12.6. The van der Waals surface area contributed by atoms with Gasteiger partial charge in [-0.05, 0) is 97.7 Å². The number of amides is 1. The summed E-state index contributed by atoms with van der Waals surface area (Å²) in [5.74, 6) is -0.0178. The number of allylic oxidation sites excluding steroid dienone is 2. The average Bonchev–Trinajstić information content (AvgIpc) is 3.27. The van der Waals surface area contributed by atoms with Crippen molar-refractivity contribution >= 4 is 23.3 Å². The quantitative estimate of drug-likeness (QED) is 0.265. The van der Waals surface area contributed by atoms with Crippen LogP contribution in [0.3, 0.4) is 0 Å². The predicted octanol–water partition coefficient (Wildman–Crippen LogP) is 3.24. The fourth-order valence-corrected chi connectivity index (χ4v) is 8.44. The standard InChI is InChI=1S/C31H43N3O8/c1-30-12-10-20(16-19(30)5-6-21-22-7-9-27(36)31(22,2)13-11-23(21)30)33-42-17-28(37)32-24(29(38)41-3)14-18-4-8-26(35)25(15-18)34(39)40/h4,8,15-16,21-24,27,35-36,39-40H,5-7,9-14,17H2,1-3H3,(H,32,37)/p-1. The molecule has 0 bridgehead atoms. The number of ether oxygens (including phenoxy) is 1. The van der Waals surface area contributed by atoms with E-state index in [9.17, 15) is 30.2 Å². The molecule has 0 saturated heterocycles. The van der Waals surface area contributed by atoms with Crippen molar-refractivity contribution in [1.29, 1.82) is 0 Å². The number of nitrogens with one attached hydrogen (secondary N) is 1. The van der Waals surface area contributed by atoms with Crippen LogP contribution < -0.4 is 15.6 Å². The lowest BCUT2D eigenvalue weighted by Gasteiger charge is -2.57. The highest BCUT2D eigenvalue weighted by Gasteiger charge is 2.58. The molecular formula is C31H42N3O8-. The Morgan fingerprint density at radius 3 is 2.67 bits per heavy atom. The fourth-order valence-electron chi connectivity index (χ4n) is 8.44. The molecule has 11 nitrogen and oxygen atoms in total. The zero-order valence-corrected chi connectivity index (χ0v) is 24.5. The highest BCUT2D eigenvalue weighted by atomic mass is 16.8. The van der Waals surface area contributed by atoms with Crippen LogP contribution in [0.1, 0.15) is 70.8 Å². The van der Waals surface area contributed by atoms with Gasteiger partial charge < -0.3 is 25.1 Å². The average molecular weight is 585 g/mol. The molecule has 0 heterocycles. The second-order valence-corrected chi connectivity index (χ2v) is 12.9. The molecule has 0 aromatic heterocycles. The lowest BCUT2D eigenvalue weighted by Crippen LogP contribution is -2.51. The lowest BCUT2D eigenvalue weighted by atomic mass is 9.47. The summed E-state index contributed by atoms with van der Waals surface area (Å²) in [5, 5.41) is 47.5. The summed E-state index contributed by atoms with van der Waals surface area (Å²) in [4.78, 5) is 30.4. The number of hydrogen-bond donors (Lipinski definition) is 4. The van der Waals surface area contributed by atoms with Gasteiger partial charge in [-0.2, -0.15) is 0 Å². The van der Waals surface area contributed by atoms with Crippen LogP contribution in [0.15, 0.2) is 35.0 Å². The number of hydrogen-bond acceptors (Lipinski definition) is 10. The highest BCUT2D eigenvalue weighted by molar-refractivity contribution is 5.96. The molecular weight excluding hydrogens is 542 g/mol. The van der Waals surface area contributed by atoms with Crippen molar-refractivity contribution in [2.45, 2.75) is 83.8 Å². The van der Waals surface area contributed by atoms with E-state index in [2.05, 4.69) is 30.4 Å². The van der Waals surface area contributed by atoms with Crippen molar-refractivity contribution in [3.8, 4) is 5.75 Å². The Hall–Kier alpha value is -3.15. The van der Waals surface area contributed by atoms with Gasteiger partial charge in [-0.3, -0.25) is 15.2 Å². The van der Waals surface area contributed by atoms with Crippen LogP contribution in [-0.2, 0) is 25.6 Å². The Kier molecular flexibility index (Phi) is 8.55. The van der Waals surface area contributed by atoms with Gasteiger partial charge in [0.15, 0.2) is 6.61 Å². The minimum absolute atomic E-state index is 0.0418. The SMILES string of the molecule is COC(=O)C(Cc1ccc([O-])c(N(O)O)c1)NC(=O)CON=C1C=C2CCC3C(CCC4(C)C(O)CCC34)C2(C)CC1. The summed E-state index contributed by atoms with van der Waals surface area (Å²) in [6, 6.07) is 2.70. The molecule has 4 N–H and O–H groups in total. The van der Waals surface area contributed by atoms with Gasteiger partial charge in [0.05, 0.1) is 24.6 Å². The number of aliphatic hydroxyl groups is 1. The molecule has 3 saturated carbocycles. The molecule has 1 aromatic rings. The van der Waals surface area contributed by atoms with Crippen LogP contribution in [0, 0.1) is 28.6 Å². The molecule has 230 valence electrons. The number of methoxy groups -OCH3 is 1. The van der Waals surface area contributed by atoms with Gasteiger partial charge in [0.25, 0.3) is 5.91 Å². The molecule has 1 amide bonds. The van der Waals surface area contributed by atoms with Crippen molar-refractivity contribution in [2.75, 3.05) is 18.9 Å². The topological polar surface area (TPSA) is 164 Å². The van der Waals surface area contributed by atoms with Gasteiger partial charge in [-0.1, -0.05) is 42.5 Å². The number of anilines is 1. The second-order valence-electron chi connectivity index (χ2n) is 12.9. The summed E-state index contributed by atoms with van der Waals surface area (Å²) >= 11 is 0. The van der Waals surface area contributed by atoms with Gasteiger partial charge in [-0.15, -0.1) is 5.23 Å². The fraction of sp³-hybridized carbons (Fsp3) is 0.645. The minimum atomic E-state index is -1.08. The molecule has 11 heteroatoms. The number of aliphatic hydroxyl groups excluding tert-OH is 1. The first-order valence-electron chi connectivity index (χ1n) is 14.9. The van der Waals surface area contributed by atoms with Crippen LogP contribution >= 0.6 is 0 Å². The maximum Gasteiger partial charge on any atom is 0.328 e. The number of nitrogens with zero attached hydrogens (tertiary/aromatic N) is 2. The molecule has 0 spiro atoms. The van der Waals surface area contributed by atoms with E-state index >= 15 is 0 Å². The zero-order valence-electron chi connectivity index (χ0n) is 24.5. The number of esters is 1. The molecule has 4 aliphatic carbocycles. The van der Waals surface area contributed by atoms with Crippen molar-refractivity contribution in [3.05, 3.63) is 35.4 Å². The summed E-state index contributed by atoms with van der Waals surface area (Å²) in [7, 11) is 1.19. The van der Waals surface area contributed by atoms with Crippen molar-refractivity contribution in [1.82, 2.24) is 5.32 Å². The van der Waals surface area contributed by atoms with Gasteiger partial charge in [-0.25, -0.2) is 4.79 Å². The first-order chi connectivity index (χ1) is 20.0. The largest absolute Gasteiger partial charge is 0.871 e. The van der Waals surface area contributed by atoms with E-state index in [4.69, 9.17) is 9.57 Å². The molecule has 7 unspecified atom stereocenters. The molecule has 42 heavy (non-hydrogen) atoms. The number of carbonyl (C=O) groups is 2. The van der Waals surface area contributed by atoms with Crippen molar-refractivity contribution in [2.24, 2.45) is 33.7 Å². The van der Waals surface area contributed by atoms with Crippen molar-refractivity contribution < 1.29 is 39.8 Å². The van der Waals surface area contributed by atoms with Gasteiger partial charge in [0.2, 0.25) is 0 Å². The Bertz CT molecular complexity index is 1260. The van der Waals surface area contributed by atoms with E-state index in [-0.39, 0.29) is 34.3 Å². The molecule has 3 fully saturated rings. The van der Waals surface area contributed by atoms with Crippen molar-refractivity contribution in [3.63, 3.8) is 0 Å². The summed E-state index contributed by atoms with van der Waals surface area (Å²) < 4.78 is 4.80. The number of benzene rings is 1. The smallest absolute Gasteiger partial charge is 0.328 e. The Balaban J connectivity index is 1.19. The number of fused-ring (bicyclic) bond motifs is 5. The molecule has 1 aromatic carbocycles. The molecule has 5 rings (SSSR count). The lowest BCUT2D eigenvalue weighted by molar-refractivity contribution is -0.268. The van der Waals surface area contributed by atoms with E-state index in [1.807, 2.05) is 0 Å². The van der Waals surface area contributed by atoms with E-state index in [0.717, 1.165) is 63.1 Å². The van der Waals surface area contributed by atoms with E-state index < -0.39 is 30.3 Å². The third kappa shape index (κ3) is 5.61. The number of carbonyl (C=O) groups excluding carboxylic acids is 2. The zero-order chi connectivity index (χ0) is 30.2. The molecule has 0 aliphatic heterocycles. The minimum Gasteiger partial charge on any atom is -0.871 e. The molecule has 7 atom stereocenters. The maximum atomic E-state index is 12.6. The first-order valence-corrected chi connectivity index (χ1v) is 14.9. The van der Waals surface area contributed by atoms with Crippen LogP contribution in [0.5, 0.6) is 5.75 Å². The van der Waals surface area contributed by atoms with E-state index in [1.165, 1.54) is 24.8 Å². The van der Waals surface area contributed by atoms with Gasteiger partial charge >= 0.3 is 5.97 Å². The van der Waals surface area contributed by atoms with Gasteiger partial charge in [0.1, 0.15) is 6.04 Å². The van der Waals surface area contributed by atoms with Crippen LogP contribution in [-0.4, -0.2) is 59.0 Å².